The zero-order valence-electron chi connectivity index (χ0n) is 16.9. The van der Waals surface area contributed by atoms with Crippen LogP contribution in [-0.2, 0) is 10.2 Å². The first-order valence-electron chi connectivity index (χ1n) is 9.83. The molecule has 1 aliphatic rings. The molecule has 0 heterocycles. The lowest BCUT2D eigenvalue weighted by atomic mass is 9.94. The molecule has 30 heavy (non-hydrogen) atoms. The molecule has 1 saturated carbocycles. The molecule has 1 aliphatic carbocycles. The van der Waals surface area contributed by atoms with Crippen molar-refractivity contribution in [1.82, 2.24) is 0 Å². The minimum absolute atomic E-state index is 0. The maximum Gasteiger partial charge on any atom is 0.335 e. The second-order valence-electron chi connectivity index (χ2n) is 7.68. The lowest BCUT2D eigenvalue weighted by molar-refractivity contribution is -0.118. The molecule has 0 unspecified atom stereocenters. The van der Waals surface area contributed by atoms with Gasteiger partial charge in [-0.2, -0.15) is 0 Å². The van der Waals surface area contributed by atoms with Gasteiger partial charge in [-0.3, -0.25) is 4.79 Å². The molecule has 0 radical (unpaired) electrons. The van der Waals surface area contributed by atoms with E-state index in [0.29, 0.717) is 5.69 Å². The Morgan fingerprint density at radius 2 is 1.77 bits per heavy atom. The van der Waals surface area contributed by atoms with Crippen LogP contribution in [0, 0.1) is 6.92 Å². The molecule has 3 aromatic rings. The number of aromatic carboxylic acids is 1. The van der Waals surface area contributed by atoms with Gasteiger partial charge in [0.1, 0.15) is 5.75 Å². The Labute approximate surface area is 176 Å². The average Bonchev–Trinajstić information content (AvgIpc) is 3.57. The number of carbonyl (C=O) groups excluding carboxylic acids is 1. The Hall–Kier alpha value is -3.60. The molecule has 154 valence electrons. The molecular weight excluding hydrogens is 378 g/mol. The van der Waals surface area contributed by atoms with Crippen LogP contribution in [-0.4, -0.2) is 24.1 Å². The lowest BCUT2D eigenvalue weighted by Gasteiger charge is -2.17. The van der Waals surface area contributed by atoms with Gasteiger partial charge in [0.2, 0.25) is 5.91 Å². The summed E-state index contributed by atoms with van der Waals surface area (Å²) in [5, 5.41) is 12.3. The van der Waals surface area contributed by atoms with E-state index in [0.717, 1.165) is 40.8 Å². The number of carbonyl (C=O) groups is 2. The van der Waals surface area contributed by atoms with Gasteiger partial charge in [-0.15, -0.1) is 0 Å². The fourth-order valence-electron chi connectivity index (χ4n) is 3.76. The van der Waals surface area contributed by atoms with Gasteiger partial charge in [0, 0.05) is 7.11 Å². The van der Waals surface area contributed by atoms with Gasteiger partial charge in [0.25, 0.3) is 0 Å². The van der Waals surface area contributed by atoms with E-state index in [1.807, 2.05) is 55.5 Å². The van der Waals surface area contributed by atoms with Crippen molar-refractivity contribution in [3.05, 3.63) is 83.4 Å². The van der Waals surface area contributed by atoms with Gasteiger partial charge >= 0.3 is 5.97 Å². The SMILES string of the molecule is COc1ccc(C2(C(=O)Nc3ccc(C)c(-c4cccc(C(=O)O)c4)c3)CC2)cc1.[HH]. The number of aryl methyl sites for hydroxylation is 1. The van der Waals surface area contributed by atoms with Crippen LogP contribution >= 0.6 is 0 Å². The Morgan fingerprint density at radius 3 is 2.40 bits per heavy atom. The molecule has 5 nitrogen and oxygen atoms in total. The highest BCUT2D eigenvalue weighted by Crippen LogP contribution is 2.49. The molecule has 0 aliphatic heterocycles. The van der Waals surface area contributed by atoms with E-state index < -0.39 is 11.4 Å². The van der Waals surface area contributed by atoms with Crippen LogP contribution in [0.25, 0.3) is 11.1 Å². The predicted octanol–water partition coefficient (Wildman–Crippen LogP) is 5.29. The Bertz CT molecular complexity index is 1120. The van der Waals surface area contributed by atoms with Gasteiger partial charge in [-0.1, -0.05) is 30.3 Å². The molecule has 4 rings (SSSR count). The number of carboxylic acid groups (broad SMARTS) is 1. The first-order chi connectivity index (χ1) is 14.4. The lowest BCUT2D eigenvalue weighted by Crippen LogP contribution is -2.27. The number of rotatable bonds is 6. The molecule has 5 heteroatoms. The first-order valence-corrected chi connectivity index (χ1v) is 9.83. The normalized spacial score (nSPS) is 14.1. The van der Waals surface area contributed by atoms with Gasteiger partial charge in [0.15, 0.2) is 0 Å². The van der Waals surface area contributed by atoms with Crippen molar-refractivity contribution < 1.29 is 20.9 Å². The third kappa shape index (κ3) is 3.66. The molecule has 0 bridgehead atoms. The predicted molar refractivity (Wildman–Crippen MR) is 118 cm³/mol. The summed E-state index contributed by atoms with van der Waals surface area (Å²) in [6.07, 6.45) is 1.62. The molecule has 1 amide bonds. The minimum Gasteiger partial charge on any atom is -0.497 e. The van der Waals surface area contributed by atoms with E-state index in [9.17, 15) is 14.7 Å². The van der Waals surface area contributed by atoms with Crippen molar-refractivity contribution in [3.63, 3.8) is 0 Å². The summed E-state index contributed by atoms with van der Waals surface area (Å²) in [6, 6.07) is 20.2. The highest BCUT2D eigenvalue weighted by atomic mass is 16.5. The summed E-state index contributed by atoms with van der Waals surface area (Å²) in [5.41, 5.74) is 4.12. The van der Waals surface area contributed by atoms with Gasteiger partial charge < -0.3 is 15.2 Å². The van der Waals surface area contributed by atoms with E-state index in [1.165, 1.54) is 0 Å². The smallest absolute Gasteiger partial charge is 0.335 e. The number of ether oxygens (including phenoxy) is 1. The summed E-state index contributed by atoms with van der Waals surface area (Å²) >= 11 is 0. The number of benzene rings is 3. The second kappa shape index (κ2) is 7.67. The van der Waals surface area contributed by atoms with Crippen LogP contribution in [0.3, 0.4) is 0 Å². The van der Waals surface area contributed by atoms with Crippen LogP contribution in [0.1, 0.15) is 35.8 Å². The van der Waals surface area contributed by atoms with Crippen molar-refractivity contribution in [2.45, 2.75) is 25.2 Å². The first kappa shape index (κ1) is 19.7. The minimum atomic E-state index is -0.964. The number of anilines is 1. The number of amides is 1. The molecule has 3 aromatic carbocycles. The number of carboxylic acids is 1. The van der Waals surface area contributed by atoms with Crippen LogP contribution in [0.2, 0.25) is 0 Å². The van der Waals surface area contributed by atoms with Crippen LogP contribution in [0.5, 0.6) is 5.75 Å². The zero-order chi connectivity index (χ0) is 21.3. The van der Waals surface area contributed by atoms with Crippen LogP contribution in [0.4, 0.5) is 5.69 Å². The van der Waals surface area contributed by atoms with Crippen molar-refractivity contribution in [3.8, 4) is 16.9 Å². The third-order valence-corrected chi connectivity index (χ3v) is 5.74. The van der Waals surface area contributed by atoms with E-state index in [4.69, 9.17) is 4.74 Å². The van der Waals surface area contributed by atoms with E-state index >= 15 is 0 Å². The van der Waals surface area contributed by atoms with Crippen LogP contribution < -0.4 is 10.1 Å². The van der Waals surface area contributed by atoms with E-state index in [-0.39, 0.29) is 12.9 Å². The molecule has 0 spiro atoms. The van der Waals surface area contributed by atoms with Crippen molar-refractivity contribution in [2.24, 2.45) is 0 Å². The monoisotopic (exact) mass is 403 g/mol. The van der Waals surface area contributed by atoms with Crippen LogP contribution in [0.15, 0.2) is 66.7 Å². The molecule has 0 atom stereocenters. The van der Waals surface area contributed by atoms with E-state index in [2.05, 4.69) is 5.32 Å². The molecular formula is C25H25NO4. The Kier molecular flexibility index (Phi) is 5.04. The highest BCUT2D eigenvalue weighted by Gasteiger charge is 2.51. The highest BCUT2D eigenvalue weighted by molar-refractivity contribution is 6.02. The summed E-state index contributed by atoms with van der Waals surface area (Å²) < 4.78 is 5.21. The average molecular weight is 403 g/mol. The Morgan fingerprint density at radius 1 is 1.03 bits per heavy atom. The quantitative estimate of drug-likeness (QED) is 0.587. The summed E-state index contributed by atoms with van der Waals surface area (Å²) in [5.74, 6) is -0.224. The summed E-state index contributed by atoms with van der Waals surface area (Å²) in [6.45, 7) is 1.97. The van der Waals surface area contributed by atoms with E-state index in [1.54, 1.807) is 25.3 Å². The number of nitrogens with one attached hydrogen (secondary N) is 1. The maximum absolute atomic E-state index is 13.1. The van der Waals surface area contributed by atoms with Gasteiger partial charge in [0.05, 0.1) is 18.1 Å². The fourth-order valence-corrected chi connectivity index (χ4v) is 3.76. The summed E-state index contributed by atoms with van der Waals surface area (Å²) in [4.78, 5) is 24.4. The maximum atomic E-state index is 13.1. The topological polar surface area (TPSA) is 75.6 Å². The van der Waals surface area contributed by atoms with Crippen molar-refractivity contribution in [1.29, 1.82) is 0 Å². The molecule has 2 N–H and O–H groups in total. The number of hydrogen-bond donors (Lipinski definition) is 2. The van der Waals surface area contributed by atoms with Crippen molar-refractivity contribution in [2.75, 3.05) is 12.4 Å². The molecule has 1 fully saturated rings. The van der Waals surface area contributed by atoms with Gasteiger partial charge in [-0.25, -0.2) is 4.79 Å². The molecule has 0 saturated heterocycles. The largest absolute Gasteiger partial charge is 0.497 e. The zero-order valence-corrected chi connectivity index (χ0v) is 16.9. The Balaban J connectivity index is 0.00000272. The number of methoxy groups -OCH3 is 1. The standard InChI is InChI=1S/C25H23NO4.H2/c1-16-6-9-20(15-22(16)17-4-3-5-18(14-17)23(27)28)26-24(29)25(12-13-25)19-7-10-21(30-2)11-8-19;/h3-11,14-15H,12-13H2,1-2H3,(H,26,29)(H,27,28);1H. The van der Waals surface area contributed by atoms with Gasteiger partial charge in [-0.05, 0) is 78.4 Å². The third-order valence-electron chi connectivity index (χ3n) is 5.74. The van der Waals surface area contributed by atoms with Crippen molar-refractivity contribution >= 4 is 17.6 Å². The molecule has 0 aromatic heterocycles. The second-order valence-corrected chi connectivity index (χ2v) is 7.68. The fraction of sp³-hybridized carbons (Fsp3) is 0.200. The summed E-state index contributed by atoms with van der Waals surface area (Å²) in [7, 11) is 1.62. The number of hydrogen-bond acceptors (Lipinski definition) is 3.